The number of anilines is 1. The van der Waals surface area contributed by atoms with Crippen LogP contribution in [-0.4, -0.2) is 12.5 Å². The normalized spacial score (nSPS) is 12.7. The SMILES string of the molecule is CCOc1cc(/C=C(\C#N)C(=O)Nc2sc3c(c2C#N)CCCC3)ccc1OCc1ccccc1F. The van der Waals surface area contributed by atoms with Crippen molar-refractivity contribution in [2.24, 2.45) is 0 Å². The van der Waals surface area contributed by atoms with E-state index >= 15 is 0 Å². The lowest BCUT2D eigenvalue weighted by Gasteiger charge is -2.13. The van der Waals surface area contributed by atoms with Gasteiger partial charge in [0.25, 0.3) is 5.91 Å². The highest BCUT2D eigenvalue weighted by atomic mass is 32.1. The molecule has 0 bridgehead atoms. The van der Waals surface area contributed by atoms with Crippen LogP contribution in [0.5, 0.6) is 11.5 Å². The Morgan fingerprint density at radius 3 is 2.69 bits per heavy atom. The predicted molar refractivity (Wildman–Crippen MR) is 136 cm³/mol. The van der Waals surface area contributed by atoms with Crippen LogP contribution in [0.15, 0.2) is 48.0 Å². The van der Waals surface area contributed by atoms with Crippen molar-refractivity contribution in [3.05, 3.63) is 81.0 Å². The average molecular weight is 502 g/mol. The lowest BCUT2D eigenvalue weighted by molar-refractivity contribution is -0.112. The minimum Gasteiger partial charge on any atom is -0.490 e. The molecule has 0 aliphatic heterocycles. The molecule has 0 fully saturated rings. The second kappa shape index (κ2) is 11.5. The number of hydrogen-bond acceptors (Lipinski definition) is 6. The molecule has 36 heavy (non-hydrogen) atoms. The van der Waals surface area contributed by atoms with E-state index in [-0.39, 0.29) is 18.0 Å². The number of aryl methyl sites for hydroxylation is 1. The molecule has 0 unspecified atom stereocenters. The third-order valence-electron chi connectivity index (χ3n) is 5.79. The van der Waals surface area contributed by atoms with Crippen LogP contribution in [0, 0.1) is 28.5 Å². The maximum atomic E-state index is 13.9. The number of rotatable bonds is 8. The van der Waals surface area contributed by atoms with Crippen LogP contribution in [0.2, 0.25) is 0 Å². The van der Waals surface area contributed by atoms with Crippen LogP contribution in [0.25, 0.3) is 6.08 Å². The van der Waals surface area contributed by atoms with Crippen LogP contribution in [0.4, 0.5) is 9.39 Å². The predicted octanol–water partition coefficient (Wildman–Crippen LogP) is 6.16. The Balaban J connectivity index is 1.54. The van der Waals surface area contributed by atoms with E-state index in [1.165, 1.54) is 23.5 Å². The summed E-state index contributed by atoms with van der Waals surface area (Å²) in [5, 5.41) is 22.5. The lowest BCUT2D eigenvalue weighted by Crippen LogP contribution is -2.13. The second-order valence-corrected chi connectivity index (χ2v) is 9.28. The molecule has 1 aliphatic carbocycles. The second-order valence-electron chi connectivity index (χ2n) is 8.17. The van der Waals surface area contributed by atoms with Gasteiger partial charge >= 0.3 is 0 Å². The summed E-state index contributed by atoms with van der Waals surface area (Å²) >= 11 is 1.41. The van der Waals surface area contributed by atoms with Crippen molar-refractivity contribution in [1.82, 2.24) is 0 Å². The number of nitrogens with zero attached hydrogens (tertiary/aromatic N) is 2. The Bertz CT molecular complexity index is 1400. The number of carbonyl (C=O) groups excluding carboxylic acids is 1. The molecule has 182 valence electrons. The number of ether oxygens (including phenoxy) is 2. The summed E-state index contributed by atoms with van der Waals surface area (Å²) in [6.07, 6.45) is 5.28. The first-order valence-corrected chi connectivity index (χ1v) is 12.5. The Morgan fingerprint density at radius 1 is 1.14 bits per heavy atom. The molecule has 1 aliphatic rings. The Labute approximate surface area is 213 Å². The van der Waals surface area contributed by atoms with Gasteiger partial charge in [-0.05, 0) is 68.0 Å². The van der Waals surface area contributed by atoms with Crippen molar-refractivity contribution in [1.29, 1.82) is 10.5 Å². The third-order valence-corrected chi connectivity index (χ3v) is 7.00. The Morgan fingerprint density at radius 2 is 1.94 bits per heavy atom. The fourth-order valence-electron chi connectivity index (χ4n) is 4.03. The Hall–Kier alpha value is -4.14. The molecule has 0 radical (unpaired) electrons. The number of benzene rings is 2. The van der Waals surface area contributed by atoms with Gasteiger partial charge in [0.1, 0.15) is 35.1 Å². The van der Waals surface area contributed by atoms with Crippen molar-refractivity contribution in [2.45, 2.75) is 39.2 Å². The monoisotopic (exact) mass is 501 g/mol. The van der Waals surface area contributed by atoms with Gasteiger partial charge in [-0.25, -0.2) is 4.39 Å². The molecule has 2 aromatic carbocycles. The summed E-state index contributed by atoms with van der Waals surface area (Å²) in [5.41, 5.74) is 2.38. The number of halogens is 1. The van der Waals surface area contributed by atoms with Gasteiger partial charge in [-0.2, -0.15) is 10.5 Å². The topological polar surface area (TPSA) is 95.1 Å². The van der Waals surface area contributed by atoms with Crippen molar-refractivity contribution >= 4 is 28.3 Å². The number of carbonyl (C=O) groups is 1. The minimum absolute atomic E-state index is 0.0276. The number of nitriles is 2. The first-order valence-electron chi connectivity index (χ1n) is 11.6. The van der Waals surface area contributed by atoms with Crippen LogP contribution < -0.4 is 14.8 Å². The molecule has 1 aromatic heterocycles. The number of nitrogens with one attached hydrogen (secondary N) is 1. The molecule has 1 heterocycles. The molecule has 1 amide bonds. The standard InChI is InChI=1S/C28H24FN3O3S/c1-2-34-25-14-18(11-12-24(25)35-17-19-7-3-5-9-23(19)29)13-20(15-30)27(33)32-28-22(16-31)21-8-4-6-10-26(21)36-28/h3,5,7,9,11-14H,2,4,6,8,10,17H2,1H3,(H,32,33)/b20-13+. The molecule has 3 aromatic rings. The summed E-state index contributed by atoms with van der Waals surface area (Å²) in [7, 11) is 0. The number of hydrogen-bond donors (Lipinski definition) is 1. The van der Waals surface area contributed by atoms with E-state index in [9.17, 15) is 19.7 Å². The van der Waals surface area contributed by atoms with E-state index in [0.29, 0.717) is 39.8 Å². The molecular weight excluding hydrogens is 477 g/mol. The fraction of sp³-hybridized carbons (Fsp3) is 0.250. The molecule has 8 heteroatoms. The van der Waals surface area contributed by atoms with Crippen LogP contribution >= 0.6 is 11.3 Å². The zero-order valence-corrected chi connectivity index (χ0v) is 20.6. The van der Waals surface area contributed by atoms with E-state index < -0.39 is 5.91 Å². The highest BCUT2D eigenvalue weighted by Gasteiger charge is 2.23. The summed E-state index contributed by atoms with van der Waals surface area (Å²) in [6.45, 7) is 2.22. The smallest absolute Gasteiger partial charge is 0.266 e. The maximum absolute atomic E-state index is 13.9. The van der Waals surface area contributed by atoms with Crippen LogP contribution in [0.3, 0.4) is 0 Å². The number of amides is 1. The molecular formula is C28H24FN3O3S. The van der Waals surface area contributed by atoms with Gasteiger partial charge in [-0.1, -0.05) is 24.3 Å². The Kier molecular flexibility index (Phi) is 7.99. The van der Waals surface area contributed by atoms with Crippen molar-refractivity contribution in [3.8, 4) is 23.6 Å². The first kappa shape index (κ1) is 25.0. The average Bonchev–Trinajstić information content (AvgIpc) is 3.24. The molecule has 0 saturated heterocycles. The quantitative estimate of drug-likeness (QED) is 0.295. The van der Waals surface area contributed by atoms with E-state index in [1.54, 1.807) is 36.4 Å². The summed E-state index contributed by atoms with van der Waals surface area (Å²) in [6, 6.07) is 15.5. The van der Waals surface area contributed by atoms with E-state index in [2.05, 4.69) is 11.4 Å². The maximum Gasteiger partial charge on any atom is 0.266 e. The molecule has 4 rings (SSSR count). The van der Waals surface area contributed by atoms with Crippen molar-refractivity contribution in [2.75, 3.05) is 11.9 Å². The van der Waals surface area contributed by atoms with Crippen LogP contribution in [-0.2, 0) is 24.2 Å². The lowest BCUT2D eigenvalue weighted by atomic mass is 9.96. The molecule has 0 saturated carbocycles. The van der Waals surface area contributed by atoms with Crippen LogP contribution in [0.1, 0.15) is 46.9 Å². The number of fused-ring (bicyclic) bond motifs is 1. The van der Waals surface area contributed by atoms with Gasteiger partial charge in [0.2, 0.25) is 0 Å². The molecule has 6 nitrogen and oxygen atoms in total. The summed E-state index contributed by atoms with van der Waals surface area (Å²) in [5.74, 6) is -0.0997. The highest BCUT2D eigenvalue weighted by Crippen LogP contribution is 2.38. The van der Waals surface area contributed by atoms with Gasteiger partial charge in [-0.15, -0.1) is 11.3 Å². The van der Waals surface area contributed by atoms with Crippen molar-refractivity contribution in [3.63, 3.8) is 0 Å². The van der Waals surface area contributed by atoms with Gasteiger partial charge in [0.15, 0.2) is 11.5 Å². The van der Waals surface area contributed by atoms with E-state index in [1.807, 2.05) is 13.0 Å². The van der Waals surface area contributed by atoms with Gasteiger partial charge in [0, 0.05) is 10.4 Å². The summed E-state index contributed by atoms with van der Waals surface area (Å²) < 4.78 is 25.4. The molecule has 1 N–H and O–H groups in total. The molecule has 0 spiro atoms. The fourth-order valence-corrected chi connectivity index (χ4v) is 5.27. The number of thiophene rings is 1. The zero-order valence-electron chi connectivity index (χ0n) is 19.8. The van der Waals surface area contributed by atoms with Gasteiger partial charge < -0.3 is 14.8 Å². The first-order chi connectivity index (χ1) is 17.5. The minimum atomic E-state index is -0.578. The van der Waals surface area contributed by atoms with E-state index in [4.69, 9.17) is 9.47 Å². The van der Waals surface area contributed by atoms with E-state index in [0.717, 1.165) is 36.1 Å². The highest BCUT2D eigenvalue weighted by molar-refractivity contribution is 7.16. The summed E-state index contributed by atoms with van der Waals surface area (Å²) in [4.78, 5) is 14.0. The third kappa shape index (κ3) is 5.56. The van der Waals surface area contributed by atoms with Gasteiger partial charge in [0.05, 0.1) is 12.2 Å². The largest absolute Gasteiger partial charge is 0.490 e. The zero-order chi connectivity index (χ0) is 25.5. The van der Waals surface area contributed by atoms with Crippen molar-refractivity contribution < 1.29 is 18.7 Å². The molecule has 0 atom stereocenters. The van der Waals surface area contributed by atoms with Gasteiger partial charge in [-0.3, -0.25) is 4.79 Å².